The van der Waals surface area contributed by atoms with Gasteiger partial charge in [-0.1, -0.05) is 36.4 Å². The standard InChI is InChI=1S/C19H23N3O3S/c1-14(15-5-3-2-4-6-15)21-26(24,25)18-8-7-17-13-22(19(23)12-20)10-9-16(17)11-18/h2-8,11,14,21H,9-10,12-13,20H2,1H3/t14-/m1/s1. The molecule has 1 aliphatic heterocycles. The summed E-state index contributed by atoms with van der Waals surface area (Å²) in [5, 5.41) is 0. The molecule has 2 aromatic rings. The van der Waals surface area contributed by atoms with Crippen LogP contribution < -0.4 is 10.5 Å². The molecule has 3 N–H and O–H groups in total. The Bertz CT molecular complexity index is 898. The first-order chi connectivity index (χ1) is 12.4. The van der Waals surface area contributed by atoms with Crippen LogP contribution in [0.25, 0.3) is 0 Å². The molecule has 0 bridgehead atoms. The fraction of sp³-hybridized carbons (Fsp3) is 0.316. The van der Waals surface area contributed by atoms with E-state index in [1.165, 1.54) is 0 Å². The second-order valence-electron chi connectivity index (χ2n) is 6.45. The molecular formula is C19H23N3O3S. The number of fused-ring (bicyclic) bond motifs is 1. The zero-order valence-electron chi connectivity index (χ0n) is 14.7. The van der Waals surface area contributed by atoms with Gasteiger partial charge in [-0.05, 0) is 42.2 Å². The lowest BCUT2D eigenvalue weighted by Gasteiger charge is -2.29. The van der Waals surface area contributed by atoms with Crippen molar-refractivity contribution < 1.29 is 13.2 Å². The van der Waals surface area contributed by atoms with Gasteiger partial charge in [-0.15, -0.1) is 0 Å². The van der Waals surface area contributed by atoms with E-state index in [1.54, 1.807) is 23.1 Å². The predicted octanol–water partition coefficient (Wildman–Crippen LogP) is 1.57. The first kappa shape index (κ1) is 18.6. The second kappa shape index (κ2) is 7.57. The number of amides is 1. The van der Waals surface area contributed by atoms with Gasteiger partial charge in [0.15, 0.2) is 0 Å². The van der Waals surface area contributed by atoms with Gasteiger partial charge in [0, 0.05) is 19.1 Å². The Balaban J connectivity index is 1.79. The van der Waals surface area contributed by atoms with Crippen LogP contribution in [0.2, 0.25) is 0 Å². The van der Waals surface area contributed by atoms with Gasteiger partial charge in [0.25, 0.3) is 0 Å². The van der Waals surface area contributed by atoms with E-state index in [0.29, 0.717) is 19.5 Å². The normalized spacial score (nSPS) is 15.4. The summed E-state index contributed by atoms with van der Waals surface area (Å²) in [6.45, 7) is 2.84. The molecule has 138 valence electrons. The summed E-state index contributed by atoms with van der Waals surface area (Å²) in [5.74, 6) is -0.0919. The van der Waals surface area contributed by atoms with E-state index in [4.69, 9.17) is 5.73 Å². The lowest BCUT2D eigenvalue weighted by molar-refractivity contribution is -0.130. The largest absolute Gasteiger partial charge is 0.337 e. The number of benzene rings is 2. The number of hydrogen-bond donors (Lipinski definition) is 2. The Kier molecular flexibility index (Phi) is 5.41. The number of carbonyl (C=O) groups excluding carboxylic acids is 1. The van der Waals surface area contributed by atoms with Gasteiger partial charge in [-0.25, -0.2) is 13.1 Å². The van der Waals surface area contributed by atoms with Crippen LogP contribution in [0.4, 0.5) is 0 Å². The molecule has 0 fully saturated rings. The van der Waals surface area contributed by atoms with Crippen LogP contribution in [0, 0.1) is 0 Å². The maximum Gasteiger partial charge on any atom is 0.241 e. The van der Waals surface area contributed by atoms with Crippen molar-refractivity contribution in [2.45, 2.75) is 30.8 Å². The van der Waals surface area contributed by atoms with Crippen LogP contribution in [0.3, 0.4) is 0 Å². The molecule has 1 heterocycles. The fourth-order valence-electron chi connectivity index (χ4n) is 3.15. The molecule has 7 heteroatoms. The van der Waals surface area contributed by atoms with Gasteiger partial charge >= 0.3 is 0 Å². The number of carbonyl (C=O) groups is 1. The van der Waals surface area contributed by atoms with Crippen LogP contribution in [0.5, 0.6) is 0 Å². The minimum absolute atomic E-state index is 0.0108. The highest BCUT2D eigenvalue weighted by molar-refractivity contribution is 7.89. The molecule has 0 spiro atoms. The minimum Gasteiger partial charge on any atom is -0.337 e. The Morgan fingerprint density at radius 3 is 2.62 bits per heavy atom. The third-order valence-corrected chi connectivity index (χ3v) is 6.20. The van der Waals surface area contributed by atoms with E-state index in [0.717, 1.165) is 16.7 Å². The summed E-state index contributed by atoms with van der Waals surface area (Å²) in [6, 6.07) is 14.2. The van der Waals surface area contributed by atoms with Gasteiger partial charge in [-0.2, -0.15) is 0 Å². The number of hydrogen-bond acceptors (Lipinski definition) is 4. The van der Waals surface area contributed by atoms with Crippen LogP contribution in [-0.4, -0.2) is 32.3 Å². The first-order valence-corrected chi connectivity index (χ1v) is 10.1. The van der Waals surface area contributed by atoms with Crippen LogP contribution in [0.15, 0.2) is 53.4 Å². The Morgan fingerprint density at radius 2 is 1.92 bits per heavy atom. The molecule has 0 radical (unpaired) electrons. The van der Waals surface area contributed by atoms with E-state index >= 15 is 0 Å². The lowest BCUT2D eigenvalue weighted by atomic mass is 10.00. The average Bonchev–Trinajstić information content (AvgIpc) is 2.66. The van der Waals surface area contributed by atoms with Gasteiger partial charge in [0.2, 0.25) is 15.9 Å². The van der Waals surface area contributed by atoms with Gasteiger partial charge < -0.3 is 10.6 Å². The molecule has 1 aliphatic rings. The smallest absolute Gasteiger partial charge is 0.241 e. The molecule has 0 aliphatic carbocycles. The first-order valence-electron chi connectivity index (χ1n) is 8.57. The third kappa shape index (κ3) is 3.95. The molecule has 0 unspecified atom stereocenters. The van der Waals surface area contributed by atoms with Crippen molar-refractivity contribution in [3.05, 3.63) is 65.2 Å². The molecular weight excluding hydrogens is 350 g/mol. The molecule has 3 rings (SSSR count). The molecule has 0 saturated carbocycles. The van der Waals surface area contributed by atoms with Gasteiger partial charge in [0.1, 0.15) is 0 Å². The van der Waals surface area contributed by atoms with E-state index in [1.807, 2.05) is 37.3 Å². The topological polar surface area (TPSA) is 92.5 Å². The number of nitrogens with zero attached hydrogens (tertiary/aromatic N) is 1. The third-order valence-electron chi connectivity index (χ3n) is 4.66. The average molecular weight is 373 g/mol. The summed E-state index contributed by atoms with van der Waals surface area (Å²) in [5.41, 5.74) is 8.25. The maximum absolute atomic E-state index is 12.7. The van der Waals surface area contributed by atoms with Crippen LogP contribution >= 0.6 is 0 Å². The molecule has 0 saturated heterocycles. The van der Waals surface area contributed by atoms with Crippen molar-refractivity contribution in [1.82, 2.24) is 9.62 Å². The fourth-order valence-corrected chi connectivity index (χ4v) is 4.43. The number of rotatable bonds is 5. The van der Waals surface area contributed by atoms with Gasteiger partial charge in [0.05, 0.1) is 11.4 Å². The lowest BCUT2D eigenvalue weighted by Crippen LogP contribution is -2.39. The minimum atomic E-state index is -3.63. The number of sulfonamides is 1. The molecule has 0 aromatic heterocycles. The summed E-state index contributed by atoms with van der Waals surface area (Å²) >= 11 is 0. The highest BCUT2D eigenvalue weighted by Crippen LogP contribution is 2.24. The van der Waals surface area contributed by atoms with Crippen LogP contribution in [0.1, 0.15) is 29.7 Å². The van der Waals surface area contributed by atoms with Crippen molar-refractivity contribution in [3.8, 4) is 0 Å². The monoisotopic (exact) mass is 373 g/mol. The molecule has 6 nitrogen and oxygen atoms in total. The Hall–Kier alpha value is -2.22. The van der Waals surface area contributed by atoms with E-state index in [-0.39, 0.29) is 23.4 Å². The van der Waals surface area contributed by atoms with Crippen molar-refractivity contribution in [1.29, 1.82) is 0 Å². The van der Waals surface area contributed by atoms with Crippen molar-refractivity contribution in [2.75, 3.05) is 13.1 Å². The number of nitrogens with one attached hydrogen (secondary N) is 1. The van der Waals surface area contributed by atoms with E-state index < -0.39 is 10.0 Å². The zero-order chi connectivity index (χ0) is 18.7. The number of nitrogens with two attached hydrogens (primary N) is 1. The SMILES string of the molecule is C[C@@H](NS(=O)(=O)c1ccc2c(c1)CCN(C(=O)CN)C2)c1ccccc1. The Labute approximate surface area is 154 Å². The molecule has 1 amide bonds. The second-order valence-corrected chi connectivity index (χ2v) is 8.17. The highest BCUT2D eigenvalue weighted by atomic mass is 32.2. The zero-order valence-corrected chi connectivity index (χ0v) is 15.5. The molecule has 1 atom stereocenters. The van der Waals surface area contributed by atoms with Crippen LogP contribution in [-0.2, 0) is 27.8 Å². The maximum atomic E-state index is 12.7. The van der Waals surface area contributed by atoms with E-state index in [9.17, 15) is 13.2 Å². The molecule has 2 aromatic carbocycles. The van der Waals surface area contributed by atoms with Crippen molar-refractivity contribution in [2.24, 2.45) is 5.73 Å². The van der Waals surface area contributed by atoms with E-state index in [2.05, 4.69) is 4.72 Å². The summed E-state index contributed by atoms with van der Waals surface area (Å²) < 4.78 is 28.2. The van der Waals surface area contributed by atoms with Crippen molar-refractivity contribution >= 4 is 15.9 Å². The van der Waals surface area contributed by atoms with Gasteiger partial charge in [-0.3, -0.25) is 4.79 Å². The molecule has 26 heavy (non-hydrogen) atoms. The highest BCUT2D eigenvalue weighted by Gasteiger charge is 2.23. The summed E-state index contributed by atoms with van der Waals surface area (Å²) in [6.07, 6.45) is 0.624. The predicted molar refractivity (Wildman–Crippen MR) is 99.8 cm³/mol. The summed E-state index contributed by atoms with van der Waals surface area (Å²) in [7, 11) is -3.63. The van der Waals surface area contributed by atoms with Crippen molar-refractivity contribution in [3.63, 3.8) is 0 Å². The Morgan fingerprint density at radius 1 is 1.19 bits per heavy atom. The quantitative estimate of drug-likeness (QED) is 0.832. The summed E-state index contributed by atoms with van der Waals surface area (Å²) in [4.78, 5) is 13.7.